The summed E-state index contributed by atoms with van der Waals surface area (Å²) in [7, 11) is 2.09. The van der Waals surface area contributed by atoms with E-state index in [1.165, 1.54) is 27.7 Å². The highest BCUT2D eigenvalue weighted by Crippen LogP contribution is 2.23. The lowest BCUT2D eigenvalue weighted by Gasteiger charge is -2.15. The summed E-state index contributed by atoms with van der Waals surface area (Å²) >= 11 is 0. The second kappa shape index (κ2) is 6.41. The number of H-pyrrole nitrogens is 1. The fourth-order valence-corrected chi connectivity index (χ4v) is 3.60. The minimum Gasteiger partial charge on any atom is -0.395 e. The lowest BCUT2D eigenvalue weighted by molar-refractivity contribution is 0.182. The van der Waals surface area contributed by atoms with Crippen LogP contribution in [0.4, 0.5) is 0 Å². The molecule has 1 aliphatic heterocycles. The van der Waals surface area contributed by atoms with Crippen molar-refractivity contribution in [3.05, 3.63) is 35.0 Å². The van der Waals surface area contributed by atoms with Crippen molar-refractivity contribution in [1.82, 2.24) is 15.2 Å². The monoisotopic (exact) mass is 301 g/mol. The van der Waals surface area contributed by atoms with Crippen molar-refractivity contribution in [3.8, 4) is 0 Å². The Morgan fingerprint density at radius 2 is 2.23 bits per heavy atom. The number of nitrogens with one attached hydrogen (secondary N) is 2. The van der Waals surface area contributed by atoms with Crippen molar-refractivity contribution < 1.29 is 5.11 Å². The van der Waals surface area contributed by atoms with Gasteiger partial charge in [0.15, 0.2) is 0 Å². The Kier molecular flexibility index (Phi) is 4.52. The smallest absolute Gasteiger partial charge is 0.0587 e. The SMILES string of the molecule is CCc1[nH]c2ccc(CN[C@H]3C[C@@H](CO)N(C)C3)cc2c1C. The van der Waals surface area contributed by atoms with Crippen LogP contribution in [0.25, 0.3) is 10.9 Å². The van der Waals surface area contributed by atoms with Gasteiger partial charge in [-0.1, -0.05) is 13.0 Å². The molecule has 1 saturated heterocycles. The highest BCUT2D eigenvalue weighted by Gasteiger charge is 2.28. The Morgan fingerprint density at radius 3 is 2.91 bits per heavy atom. The van der Waals surface area contributed by atoms with Gasteiger partial charge in [-0.05, 0) is 50.1 Å². The lowest BCUT2D eigenvalue weighted by Crippen LogP contribution is -2.31. The molecule has 120 valence electrons. The van der Waals surface area contributed by atoms with Gasteiger partial charge in [0.05, 0.1) is 6.61 Å². The van der Waals surface area contributed by atoms with Gasteiger partial charge in [0, 0.05) is 41.8 Å². The van der Waals surface area contributed by atoms with Crippen LogP contribution in [-0.4, -0.2) is 47.3 Å². The maximum absolute atomic E-state index is 9.34. The highest BCUT2D eigenvalue weighted by molar-refractivity contribution is 5.85. The van der Waals surface area contributed by atoms with Crippen LogP contribution in [0.2, 0.25) is 0 Å². The summed E-state index contributed by atoms with van der Waals surface area (Å²) in [5.41, 5.74) is 5.27. The molecule has 2 heterocycles. The maximum Gasteiger partial charge on any atom is 0.0587 e. The molecule has 3 rings (SSSR count). The summed E-state index contributed by atoms with van der Waals surface area (Å²) in [5.74, 6) is 0. The first-order chi connectivity index (χ1) is 10.6. The lowest BCUT2D eigenvalue weighted by atomic mass is 10.1. The predicted octanol–water partition coefficient (Wildman–Crippen LogP) is 2.19. The minimum absolute atomic E-state index is 0.253. The summed E-state index contributed by atoms with van der Waals surface area (Å²) in [6.45, 7) is 6.54. The normalized spacial score (nSPS) is 22.7. The Bertz CT molecular complexity index is 649. The molecule has 0 unspecified atom stereocenters. The fourth-order valence-electron chi connectivity index (χ4n) is 3.60. The molecule has 0 aliphatic carbocycles. The number of benzene rings is 1. The Balaban J connectivity index is 1.68. The van der Waals surface area contributed by atoms with Crippen LogP contribution < -0.4 is 5.32 Å². The molecule has 1 aliphatic rings. The molecule has 2 aromatic rings. The molecule has 4 heteroatoms. The molecule has 4 nitrogen and oxygen atoms in total. The highest BCUT2D eigenvalue weighted by atomic mass is 16.3. The van der Waals surface area contributed by atoms with Crippen molar-refractivity contribution in [2.24, 2.45) is 0 Å². The van der Waals surface area contributed by atoms with E-state index < -0.39 is 0 Å². The summed E-state index contributed by atoms with van der Waals surface area (Å²) in [4.78, 5) is 5.74. The molecule has 0 spiro atoms. The molecule has 1 fully saturated rings. The number of aromatic amines is 1. The quantitative estimate of drug-likeness (QED) is 0.793. The van der Waals surface area contributed by atoms with Crippen LogP contribution in [0.5, 0.6) is 0 Å². The third-order valence-corrected chi connectivity index (χ3v) is 5.07. The standard InChI is InChI=1S/C18H27N3O/c1-4-17-12(2)16-7-13(5-6-18(16)20-17)9-19-14-8-15(11-22)21(3)10-14/h5-7,14-15,19-20,22H,4,8-11H2,1-3H3/t14-,15-/m0/s1. The number of hydrogen-bond donors (Lipinski definition) is 3. The second-order valence-corrected chi connectivity index (χ2v) is 6.55. The summed E-state index contributed by atoms with van der Waals surface area (Å²) < 4.78 is 0. The van der Waals surface area contributed by atoms with E-state index in [-0.39, 0.29) is 6.61 Å². The van der Waals surface area contributed by atoms with E-state index in [4.69, 9.17) is 0 Å². The zero-order chi connectivity index (χ0) is 15.7. The number of likely N-dealkylation sites (N-methyl/N-ethyl adjacent to an activating group) is 1. The number of nitrogens with zero attached hydrogens (tertiary/aromatic N) is 1. The zero-order valence-corrected chi connectivity index (χ0v) is 13.8. The van der Waals surface area contributed by atoms with E-state index in [1.54, 1.807) is 0 Å². The van der Waals surface area contributed by atoms with Gasteiger partial charge >= 0.3 is 0 Å². The number of aromatic nitrogens is 1. The van der Waals surface area contributed by atoms with E-state index in [0.29, 0.717) is 12.1 Å². The van der Waals surface area contributed by atoms with Crippen molar-refractivity contribution in [3.63, 3.8) is 0 Å². The molecular formula is C18H27N3O. The maximum atomic E-state index is 9.34. The number of aliphatic hydroxyl groups excluding tert-OH is 1. The number of rotatable bonds is 5. The molecule has 22 heavy (non-hydrogen) atoms. The first kappa shape index (κ1) is 15.5. The first-order valence-electron chi connectivity index (χ1n) is 8.27. The van der Waals surface area contributed by atoms with Gasteiger partial charge in [-0.2, -0.15) is 0 Å². The van der Waals surface area contributed by atoms with Crippen LogP contribution in [0, 0.1) is 6.92 Å². The third kappa shape index (κ3) is 2.91. The molecule has 1 aromatic heterocycles. The van der Waals surface area contributed by atoms with Crippen LogP contribution in [0.3, 0.4) is 0 Å². The summed E-state index contributed by atoms with van der Waals surface area (Å²) in [6, 6.07) is 7.47. The average Bonchev–Trinajstić information content (AvgIpc) is 3.05. The van der Waals surface area contributed by atoms with Crippen LogP contribution in [-0.2, 0) is 13.0 Å². The van der Waals surface area contributed by atoms with Crippen LogP contribution >= 0.6 is 0 Å². The van der Waals surface area contributed by atoms with Crippen molar-refractivity contribution in [1.29, 1.82) is 0 Å². The Morgan fingerprint density at radius 1 is 1.41 bits per heavy atom. The van der Waals surface area contributed by atoms with Gasteiger partial charge in [0.25, 0.3) is 0 Å². The number of aryl methyl sites for hydroxylation is 2. The van der Waals surface area contributed by atoms with Gasteiger partial charge in [-0.3, -0.25) is 4.90 Å². The molecule has 2 atom stereocenters. The van der Waals surface area contributed by atoms with Gasteiger partial charge in [-0.25, -0.2) is 0 Å². The molecule has 0 bridgehead atoms. The zero-order valence-electron chi connectivity index (χ0n) is 13.8. The molecule has 1 aromatic carbocycles. The third-order valence-electron chi connectivity index (χ3n) is 5.07. The minimum atomic E-state index is 0.253. The van der Waals surface area contributed by atoms with E-state index >= 15 is 0 Å². The molecule has 0 saturated carbocycles. The molecular weight excluding hydrogens is 274 g/mol. The van der Waals surface area contributed by atoms with Crippen molar-refractivity contribution in [2.45, 2.75) is 45.3 Å². The van der Waals surface area contributed by atoms with E-state index in [0.717, 1.165) is 25.9 Å². The second-order valence-electron chi connectivity index (χ2n) is 6.55. The molecule has 3 N–H and O–H groups in total. The van der Waals surface area contributed by atoms with Crippen molar-refractivity contribution >= 4 is 10.9 Å². The van der Waals surface area contributed by atoms with Crippen LogP contribution in [0.15, 0.2) is 18.2 Å². The van der Waals surface area contributed by atoms with E-state index in [1.807, 2.05) is 0 Å². The first-order valence-corrected chi connectivity index (χ1v) is 8.27. The van der Waals surface area contributed by atoms with Gasteiger partial charge in [0.2, 0.25) is 0 Å². The predicted molar refractivity (Wildman–Crippen MR) is 91.2 cm³/mol. The largest absolute Gasteiger partial charge is 0.395 e. The number of aliphatic hydroxyl groups is 1. The average molecular weight is 301 g/mol. The number of fused-ring (bicyclic) bond motifs is 1. The fraction of sp³-hybridized carbons (Fsp3) is 0.556. The molecule has 0 radical (unpaired) electrons. The van der Waals surface area contributed by atoms with Gasteiger partial charge in [0.1, 0.15) is 0 Å². The van der Waals surface area contributed by atoms with E-state index in [2.05, 4.69) is 54.3 Å². The number of likely N-dealkylation sites (tertiary alicyclic amines) is 1. The van der Waals surface area contributed by atoms with E-state index in [9.17, 15) is 5.11 Å². The molecule has 0 amide bonds. The summed E-state index contributed by atoms with van der Waals surface area (Å²) in [5, 5.41) is 14.3. The van der Waals surface area contributed by atoms with Crippen molar-refractivity contribution in [2.75, 3.05) is 20.2 Å². The van der Waals surface area contributed by atoms with Gasteiger partial charge in [-0.15, -0.1) is 0 Å². The topological polar surface area (TPSA) is 51.3 Å². The Labute approximate surface area is 132 Å². The summed E-state index contributed by atoms with van der Waals surface area (Å²) in [6.07, 6.45) is 2.07. The van der Waals surface area contributed by atoms with Crippen LogP contribution in [0.1, 0.15) is 30.2 Å². The Hall–Kier alpha value is -1.36. The number of hydrogen-bond acceptors (Lipinski definition) is 3. The van der Waals surface area contributed by atoms with Gasteiger partial charge < -0.3 is 15.4 Å².